The Hall–Kier alpha value is -1.58. The number of hydrogen-bond donors (Lipinski definition) is 0. The topological polar surface area (TPSA) is 33.5 Å². The van der Waals surface area contributed by atoms with Crippen molar-refractivity contribution in [2.24, 2.45) is 5.92 Å². The van der Waals surface area contributed by atoms with Crippen LogP contribution in [0.5, 0.6) is 0 Å². The molecule has 28 heavy (non-hydrogen) atoms. The van der Waals surface area contributed by atoms with E-state index in [-0.39, 0.29) is 18.2 Å². The van der Waals surface area contributed by atoms with Crippen molar-refractivity contribution in [3.63, 3.8) is 0 Å². The van der Waals surface area contributed by atoms with Crippen LogP contribution in [0, 0.1) is 5.92 Å². The molecule has 3 nitrogen and oxygen atoms in total. The lowest BCUT2D eigenvalue weighted by molar-refractivity contribution is -0.0111. The number of carbonyl (C=O) groups excluding carboxylic acids is 1. The van der Waals surface area contributed by atoms with Crippen molar-refractivity contribution in [1.29, 1.82) is 0 Å². The maximum Gasteiger partial charge on any atom is 0.159 e. The van der Waals surface area contributed by atoms with Crippen molar-refractivity contribution >= 4 is 18.2 Å². The number of piperidine rings is 1. The number of nitrogens with zero attached hydrogens (tertiary/aromatic N) is 1. The summed E-state index contributed by atoms with van der Waals surface area (Å²) in [6.07, 6.45) is 10.5. The van der Waals surface area contributed by atoms with Crippen LogP contribution in [-0.4, -0.2) is 29.8 Å². The van der Waals surface area contributed by atoms with Crippen LogP contribution in [0.4, 0.5) is 0 Å². The first-order valence-electron chi connectivity index (χ1n) is 10.6. The van der Waals surface area contributed by atoms with E-state index >= 15 is 0 Å². The highest BCUT2D eigenvalue weighted by Gasteiger charge is 2.53. The number of halogens is 1. The van der Waals surface area contributed by atoms with Crippen molar-refractivity contribution < 1.29 is 9.21 Å². The van der Waals surface area contributed by atoms with Crippen molar-refractivity contribution in [2.75, 3.05) is 13.1 Å². The van der Waals surface area contributed by atoms with Crippen molar-refractivity contribution in [2.45, 2.75) is 63.3 Å². The summed E-state index contributed by atoms with van der Waals surface area (Å²) in [6, 6.07) is 11.3. The van der Waals surface area contributed by atoms with Crippen LogP contribution in [0.15, 0.2) is 41.0 Å². The van der Waals surface area contributed by atoms with Crippen LogP contribution >= 0.6 is 12.4 Å². The molecule has 1 saturated heterocycles. The lowest BCUT2D eigenvalue weighted by Crippen LogP contribution is -2.61. The van der Waals surface area contributed by atoms with Crippen LogP contribution < -0.4 is 0 Å². The molecule has 1 aromatic carbocycles. The van der Waals surface area contributed by atoms with Crippen LogP contribution in [0.3, 0.4) is 0 Å². The number of ketones is 1. The summed E-state index contributed by atoms with van der Waals surface area (Å²) in [5.41, 5.74) is 4.21. The molecule has 150 valence electrons. The van der Waals surface area contributed by atoms with E-state index in [1.807, 2.05) is 12.1 Å². The molecule has 0 radical (unpaired) electrons. The number of Topliss-reactive ketones (excluding diaryl/α,β-unsaturated/α-hetero) is 1. The zero-order valence-corrected chi connectivity index (χ0v) is 17.5. The summed E-state index contributed by atoms with van der Waals surface area (Å²) >= 11 is 0. The number of likely N-dealkylation sites (tertiary alicyclic amines) is 1. The van der Waals surface area contributed by atoms with E-state index in [0.717, 1.165) is 36.6 Å². The van der Waals surface area contributed by atoms with Gasteiger partial charge in [0.2, 0.25) is 0 Å². The second-order valence-corrected chi connectivity index (χ2v) is 8.82. The van der Waals surface area contributed by atoms with Gasteiger partial charge < -0.3 is 4.42 Å². The average Bonchev–Trinajstić information content (AvgIpc) is 3.20. The van der Waals surface area contributed by atoms with Crippen LogP contribution in [0.25, 0.3) is 0 Å². The van der Waals surface area contributed by atoms with Crippen molar-refractivity contribution in [3.8, 4) is 0 Å². The molecule has 1 aromatic heterocycles. The van der Waals surface area contributed by atoms with Gasteiger partial charge in [-0.15, -0.1) is 12.4 Å². The molecule has 0 amide bonds. The van der Waals surface area contributed by atoms with E-state index < -0.39 is 0 Å². The number of furan rings is 1. The van der Waals surface area contributed by atoms with E-state index in [1.165, 1.54) is 49.8 Å². The monoisotopic (exact) mass is 399 g/mol. The Labute approximate surface area is 173 Å². The third-order valence-electron chi connectivity index (χ3n) is 7.58. The maximum atomic E-state index is 12.0. The van der Waals surface area contributed by atoms with E-state index in [2.05, 4.69) is 23.1 Å². The quantitative estimate of drug-likeness (QED) is 0.662. The summed E-state index contributed by atoms with van der Waals surface area (Å²) < 4.78 is 5.57. The Morgan fingerprint density at radius 2 is 2.14 bits per heavy atom. The molecule has 3 aliphatic rings. The predicted octanol–water partition coefficient (Wildman–Crippen LogP) is 5.21. The lowest BCUT2D eigenvalue weighted by Gasteiger charge is -2.59. The first-order chi connectivity index (χ1) is 13.2. The van der Waals surface area contributed by atoms with E-state index in [0.29, 0.717) is 11.5 Å². The molecule has 2 heterocycles. The number of fused-ring (bicyclic) bond motifs is 1. The van der Waals surface area contributed by atoms with E-state index in [4.69, 9.17) is 4.42 Å². The van der Waals surface area contributed by atoms with Crippen LogP contribution in [-0.2, 0) is 18.3 Å². The molecule has 2 fully saturated rings. The number of rotatable bonds is 4. The molecule has 2 aromatic rings. The molecule has 1 saturated carbocycles. The highest BCUT2D eigenvalue weighted by molar-refractivity contribution is 5.94. The van der Waals surface area contributed by atoms with Gasteiger partial charge in [0.25, 0.3) is 0 Å². The second-order valence-electron chi connectivity index (χ2n) is 8.82. The summed E-state index contributed by atoms with van der Waals surface area (Å²) in [5.74, 6) is 2.03. The minimum Gasteiger partial charge on any atom is -0.469 e. The van der Waals surface area contributed by atoms with Gasteiger partial charge in [-0.1, -0.05) is 25.0 Å². The maximum absolute atomic E-state index is 12.0. The fraction of sp³-hybridized carbons (Fsp3) is 0.542. The largest absolute Gasteiger partial charge is 0.469 e. The second kappa shape index (κ2) is 7.68. The fourth-order valence-electron chi connectivity index (χ4n) is 6.29. The Morgan fingerprint density at radius 1 is 1.25 bits per heavy atom. The molecule has 0 N–H and O–H groups in total. The van der Waals surface area contributed by atoms with Gasteiger partial charge in [-0.05, 0) is 74.4 Å². The zero-order valence-electron chi connectivity index (χ0n) is 16.7. The molecular formula is C24H30ClNO2. The van der Waals surface area contributed by atoms with Crippen LogP contribution in [0.1, 0.15) is 66.3 Å². The van der Waals surface area contributed by atoms with Gasteiger partial charge in [-0.25, -0.2) is 0 Å². The Balaban J connectivity index is 0.00000192. The van der Waals surface area contributed by atoms with Gasteiger partial charge in [-0.3, -0.25) is 9.69 Å². The zero-order chi connectivity index (χ0) is 18.4. The molecule has 0 unspecified atom stereocenters. The Kier molecular flexibility index (Phi) is 5.41. The number of benzene rings is 1. The Morgan fingerprint density at radius 3 is 2.93 bits per heavy atom. The van der Waals surface area contributed by atoms with E-state index in [1.54, 1.807) is 13.2 Å². The van der Waals surface area contributed by atoms with Gasteiger partial charge >= 0.3 is 0 Å². The molecule has 1 aliphatic heterocycles. The molecule has 0 spiro atoms. The molecule has 4 heteroatoms. The first-order valence-corrected chi connectivity index (χ1v) is 10.6. The van der Waals surface area contributed by atoms with Gasteiger partial charge in [0.1, 0.15) is 5.76 Å². The highest BCUT2D eigenvalue weighted by atomic mass is 35.5. The molecular weight excluding hydrogens is 370 g/mol. The number of hydrogen-bond acceptors (Lipinski definition) is 3. The molecule has 2 bridgehead atoms. The summed E-state index contributed by atoms with van der Waals surface area (Å²) in [5, 5.41) is 0. The molecule has 3 atom stereocenters. The molecule has 5 rings (SSSR count). The normalized spacial score (nSPS) is 28.8. The average molecular weight is 400 g/mol. The van der Waals surface area contributed by atoms with Gasteiger partial charge in [0, 0.05) is 30.0 Å². The summed E-state index contributed by atoms with van der Waals surface area (Å²) in [4.78, 5) is 14.7. The minimum absolute atomic E-state index is 0. The number of carbonyl (C=O) groups is 1. The fourth-order valence-corrected chi connectivity index (χ4v) is 6.29. The summed E-state index contributed by atoms with van der Waals surface area (Å²) in [7, 11) is 0. The lowest BCUT2D eigenvalue weighted by atomic mass is 9.52. The first kappa shape index (κ1) is 19.7. The van der Waals surface area contributed by atoms with Crippen molar-refractivity contribution in [3.05, 3.63) is 59.0 Å². The van der Waals surface area contributed by atoms with Gasteiger partial charge in [0.05, 0.1) is 6.26 Å². The highest BCUT2D eigenvalue weighted by Crippen LogP contribution is 2.55. The molecule has 2 aliphatic carbocycles. The Bertz CT molecular complexity index is 846. The predicted molar refractivity (Wildman–Crippen MR) is 113 cm³/mol. The van der Waals surface area contributed by atoms with Crippen LogP contribution in [0.2, 0.25) is 0 Å². The van der Waals surface area contributed by atoms with Gasteiger partial charge in [0.15, 0.2) is 5.78 Å². The third-order valence-corrected chi connectivity index (χ3v) is 7.58. The summed E-state index contributed by atoms with van der Waals surface area (Å²) in [6.45, 7) is 3.96. The van der Waals surface area contributed by atoms with Gasteiger partial charge in [-0.2, -0.15) is 0 Å². The minimum atomic E-state index is 0. The van der Waals surface area contributed by atoms with E-state index in [9.17, 15) is 4.79 Å². The SMILES string of the molecule is CC(=O)c1ccc2c(c1)[C@@]13CCCC[C@H]1[C@@H](C2)N(CCc1ccco1)CC3.Cl. The smallest absolute Gasteiger partial charge is 0.159 e. The third kappa shape index (κ3) is 3.13. The van der Waals surface area contributed by atoms with Crippen molar-refractivity contribution in [1.82, 2.24) is 4.90 Å². The standard InChI is InChI=1S/C24H29NO2.ClH/c1-17(26)18-7-8-19-16-23-21-6-2-3-10-24(21,22(19)15-18)11-13-25(23)12-9-20-5-4-14-27-20;/h4-5,7-8,14-15,21,23H,2-3,6,9-13,16H2,1H3;1H/t21-,23+,24+;/m0./s1.